The summed E-state index contributed by atoms with van der Waals surface area (Å²) < 4.78 is 19.1. The highest BCUT2D eigenvalue weighted by Crippen LogP contribution is 2.37. The van der Waals surface area contributed by atoms with Crippen molar-refractivity contribution in [3.05, 3.63) is 84.8 Å². The molecule has 0 radical (unpaired) electrons. The Balaban J connectivity index is 0.00000218. The molecule has 150 valence electrons. The SMILES string of the molecule is COc1ccc(-c2nc(-c3cccc(F)c3)[nH]c2-c2c[nH]c3ccccc23)cc1.Cl. The van der Waals surface area contributed by atoms with Crippen molar-refractivity contribution in [2.24, 2.45) is 0 Å². The molecule has 2 N–H and O–H groups in total. The van der Waals surface area contributed by atoms with Crippen LogP contribution in [0.3, 0.4) is 0 Å². The molecule has 4 nitrogen and oxygen atoms in total. The Hall–Kier alpha value is -3.57. The van der Waals surface area contributed by atoms with Crippen LogP contribution in [0.15, 0.2) is 79.0 Å². The molecule has 0 unspecified atom stereocenters. The van der Waals surface area contributed by atoms with Gasteiger partial charge in [0.1, 0.15) is 17.4 Å². The first kappa shape index (κ1) is 19.7. The molecule has 5 aromatic rings. The number of nitrogens with one attached hydrogen (secondary N) is 2. The van der Waals surface area contributed by atoms with Gasteiger partial charge in [-0.2, -0.15) is 0 Å². The maximum atomic E-state index is 13.8. The van der Waals surface area contributed by atoms with E-state index < -0.39 is 0 Å². The second kappa shape index (κ2) is 8.05. The van der Waals surface area contributed by atoms with Gasteiger partial charge in [0.2, 0.25) is 0 Å². The molecule has 0 fully saturated rings. The molecular formula is C24H19ClFN3O. The summed E-state index contributed by atoms with van der Waals surface area (Å²) in [5.74, 6) is 1.11. The highest BCUT2D eigenvalue weighted by Gasteiger charge is 2.18. The fraction of sp³-hybridized carbons (Fsp3) is 0.0417. The van der Waals surface area contributed by atoms with Crippen molar-refractivity contribution >= 4 is 23.3 Å². The highest BCUT2D eigenvalue weighted by molar-refractivity contribution is 5.98. The molecule has 2 aromatic heterocycles. The second-order valence-electron chi connectivity index (χ2n) is 6.80. The van der Waals surface area contributed by atoms with Gasteiger partial charge in [0.15, 0.2) is 0 Å². The van der Waals surface area contributed by atoms with Crippen molar-refractivity contribution < 1.29 is 9.13 Å². The number of halogens is 2. The number of hydrogen-bond acceptors (Lipinski definition) is 2. The molecule has 0 aliphatic heterocycles. The van der Waals surface area contributed by atoms with Gasteiger partial charge in [-0.25, -0.2) is 9.37 Å². The first-order valence-electron chi connectivity index (χ1n) is 9.30. The predicted molar refractivity (Wildman–Crippen MR) is 121 cm³/mol. The monoisotopic (exact) mass is 419 g/mol. The Morgan fingerprint density at radius 3 is 2.47 bits per heavy atom. The number of benzene rings is 3. The number of rotatable bonds is 4. The van der Waals surface area contributed by atoms with Crippen LogP contribution >= 0.6 is 12.4 Å². The molecule has 0 saturated heterocycles. The molecule has 30 heavy (non-hydrogen) atoms. The normalized spacial score (nSPS) is 10.7. The average Bonchev–Trinajstić information content (AvgIpc) is 3.38. The highest BCUT2D eigenvalue weighted by atomic mass is 35.5. The largest absolute Gasteiger partial charge is 0.497 e. The van der Waals surface area contributed by atoms with Crippen molar-refractivity contribution in [2.45, 2.75) is 0 Å². The van der Waals surface area contributed by atoms with Gasteiger partial charge in [0.05, 0.1) is 18.5 Å². The second-order valence-corrected chi connectivity index (χ2v) is 6.80. The molecule has 0 saturated carbocycles. The summed E-state index contributed by atoms with van der Waals surface area (Å²) in [5.41, 5.74) is 5.39. The first-order chi connectivity index (χ1) is 14.2. The van der Waals surface area contributed by atoms with Crippen LogP contribution in [0, 0.1) is 5.82 Å². The van der Waals surface area contributed by atoms with E-state index in [9.17, 15) is 4.39 Å². The zero-order valence-electron chi connectivity index (χ0n) is 16.1. The number of imidazole rings is 1. The fourth-order valence-corrected chi connectivity index (χ4v) is 3.58. The molecule has 0 atom stereocenters. The minimum absolute atomic E-state index is 0. The van der Waals surface area contributed by atoms with Crippen LogP contribution in [0.5, 0.6) is 5.75 Å². The minimum Gasteiger partial charge on any atom is -0.497 e. The molecule has 0 spiro atoms. The number of aromatic amines is 2. The smallest absolute Gasteiger partial charge is 0.138 e. The molecule has 6 heteroatoms. The van der Waals surface area contributed by atoms with Crippen molar-refractivity contribution in [1.29, 1.82) is 0 Å². The third kappa shape index (κ3) is 3.44. The number of para-hydroxylation sites is 1. The van der Waals surface area contributed by atoms with Gasteiger partial charge in [-0.1, -0.05) is 30.3 Å². The third-order valence-electron chi connectivity index (χ3n) is 5.02. The number of methoxy groups -OCH3 is 1. The van der Waals surface area contributed by atoms with Crippen LogP contribution < -0.4 is 4.74 Å². The lowest BCUT2D eigenvalue weighted by Crippen LogP contribution is -1.85. The summed E-state index contributed by atoms with van der Waals surface area (Å²) in [4.78, 5) is 11.6. The summed E-state index contributed by atoms with van der Waals surface area (Å²) in [6.45, 7) is 0. The Bertz CT molecular complexity index is 1310. The van der Waals surface area contributed by atoms with Gasteiger partial charge in [0.25, 0.3) is 0 Å². The quantitative estimate of drug-likeness (QED) is 0.351. The van der Waals surface area contributed by atoms with Gasteiger partial charge in [-0.05, 0) is 42.5 Å². The number of nitrogens with zero attached hydrogens (tertiary/aromatic N) is 1. The maximum absolute atomic E-state index is 13.8. The van der Waals surface area contributed by atoms with E-state index in [0.717, 1.165) is 39.2 Å². The lowest BCUT2D eigenvalue weighted by atomic mass is 10.0. The Labute approximate surface area is 179 Å². The summed E-state index contributed by atoms with van der Waals surface area (Å²) in [7, 11) is 1.64. The topological polar surface area (TPSA) is 53.7 Å². The molecular weight excluding hydrogens is 401 g/mol. The van der Waals surface area contributed by atoms with Crippen LogP contribution in [0.4, 0.5) is 4.39 Å². The van der Waals surface area contributed by atoms with Crippen LogP contribution in [0.1, 0.15) is 0 Å². The van der Waals surface area contributed by atoms with Gasteiger partial charge < -0.3 is 14.7 Å². The zero-order valence-corrected chi connectivity index (χ0v) is 17.0. The molecule has 5 rings (SSSR count). The summed E-state index contributed by atoms with van der Waals surface area (Å²) >= 11 is 0. The molecule has 0 aliphatic rings. The number of fused-ring (bicyclic) bond motifs is 1. The molecule has 3 aromatic carbocycles. The predicted octanol–water partition coefficient (Wildman–Crippen LogP) is 6.46. The standard InChI is InChI=1S/C24H18FN3O.ClH/c1-29-18-11-9-15(10-12-18)22-23(20-14-26-21-8-3-2-7-19(20)21)28-24(27-22)16-5-4-6-17(25)13-16;/h2-14,26H,1H3,(H,27,28);1H. The Morgan fingerprint density at radius 1 is 0.900 bits per heavy atom. The van der Waals surface area contributed by atoms with Gasteiger partial charge in [0, 0.05) is 33.8 Å². The van der Waals surface area contributed by atoms with E-state index >= 15 is 0 Å². The average molecular weight is 420 g/mol. The van der Waals surface area contributed by atoms with Crippen LogP contribution in [-0.4, -0.2) is 22.1 Å². The first-order valence-corrected chi connectivity index (χ1v) is 9.30. The van der Waals surface area contributed by atoms with Crippen molar-refractivity contribution in [2.75, 3.05) is 7.11 Å². The molecule has 2 heterocycles. The lowest BCUT2D eigenvalue weighted by Gasteiger charge is -2.04. The number of ether oxygens (including phenoxy) is 1. The summed E-state index contributed by atoms with van der Waals surface area (Å²) in [5, 5.41) is 1.09. The zero-order chi connectivity index (χ0) is 19.8. The number of aromatic nitrogens is 3. The Kier molecular flexibility index (Phi) is 5.29. The summed E-state index contributed by atoms with van der Waals surface area (Å²) in [6, 6.07) is 22.3. The maximum Gasteiger partial charge on any atom is 0.138 e. The number of H-pyrrole nitrogens is 2. The van der Waals surface area contributed by atoms with E-state index in [2.05, 4.69) is 16.0 Å². The van der Waals surface area contributed by atoms with E-state index in [0.29, 0.717) is 11.4 Å². The van der Waals surface area contributed by atoms with Crippen molar-refractivity contribution in [3.63, 3.8) is 0 Å². The molecule has 0 bridgehead atoms. The van der Waals surface area contributed by atoms with Crippen LogP contribution in [0.25, 0.3) is 44.8 Å². The van der Waals surface area contributed by atoms with Crippen LogP contribution in [-0.2, 0) is 0 Å². The van der Waals surface area contributed by atoms with E-state index in [4.69, 9.17) is 9.72 Å². The van der Waals surface area contributed by atoms with Gasteiger partial charge in [-0.3, -0.25) is 0 Å². The summed E-state index contributed by atoms with van der Waals surface area (Å²) in [6.07, 6.45) is 1.97. The van der Waals surface area contributed by atoms with Crippen molar-refractivity contribution in [1.82, 2.24) is 15.0 Å². The number of hydrogen-bond donors (Lipinski definition) is 2. The minimum atomic E-state index is -0.293. The van der Waals surface area contributed by atoms with Gasteiger partial charge in [-0.15, -0.1) is 12.4 Å². The fourth-order valence-electron chi connectivity index (χ4n) is 3.58. The molecule has 0 amide bonds. The molecule has 0 aliphatic carbocycles. The van der Waals surface area contributed by atoms with E-state index in [1.165, 1.54) is 12.1 Å². The van der Waals surface area contributed by atoms with Gasteiger partial charge >= 0.3 is 0 Å². The van der Waals surface area contributed by atoms with Crippen LogP contribution in [0.2, 0.25) is 0 Å². The Morgan fingerprint density at radius 2 is 1.70 bits per heavy atom. The van der Waals surface area contributed by atoms with Crippen molar-refractivity contribution in [3.8, 4) is 39.7 Å². The van der Waals surface area contributed by atoms with E-state index in [1.807, 2.05) is 54.7 Å². The van der Waals surface area contributed by atoms with E-state index in [1.54, 1.807) is 13.2 Å². The third-order valence-corrected chi connectivity index (χ3v) is 5.02. The lowest BCUT2D eigenvalue weighted by molar-refractivity contribution is 0.415. The van der Waals surface area contributed by atoms with E-state index in [-0.39, 0.29) is 18.2 Å².